The van der Waals surface area contributed by atoms with Crippen LogP contribution >= 0.6 is 0 Å². The Labute approximate surface area is 539 Å². The first-order valence-electron chi connectivity index (χ1n) is 34.8. The van der Waals surface area contributed by atoms with Crippen LogP contribution in [0.4, 0.5) is 0 Å². The SMILES string of the molecule is CCCCC(CC)COC(=O)CCCCCOC(=O)CCCCCOC(=O)CCCCCOC(=O)CCCCCOC(=O)CCCCCOC(=O)CCCCCOC(=O)CCCCCOC(=O)CCCCCOC(=O)CCCCCOC(=O)CCCCCOC. The molecule has 0 spiro atoms. The van der Waals surface area contributed by atoms with Crippen LogP contribution in [-0.2, 0) is 100 Å². The highest BCUT2D eigenvalue weighted by Crippen LogP contribution is 2.15. The zero-order valence-corrected chi connectivity index (χ0v) is 56.0. The van der Waals surface area contributed by atoms with Crippen LogP contribution in [0.15, 0.2) is 0 Å². The zero-order valence-electron chi connectivity index (χ0n) is 56.0. The fourth-order valence-electron chi connectivity index (χ4n) is 9.13. The molecule has 0 fully saturated rings. The van der Waals surface area contributed by atoms with E-state index in [4.69, 9.17) is 52.1 Å². The lowest BCUT2D eigenvalue weighted by Gasteiger charge is -2.14. The Hall–Kier alpha value is -5.34. The minimum Gasteiger partial charge on any atom is -0.466 e. The average Bonchev–Trinajstić information content (AvgIpc) is 3.53. The lowest BCUT2D eigenvalue weighted by Crippen LogP contribution is -2.13. The molecular weight excluding hydrogens is 1160 g/mol. The molecule has 0 radical (unpaired) electrons. The molecule has 0 saturated heterocycles. The van der Waals surface area contributed by atoms with Gasteiger partial charge in [0.1, 0.15) is 0 Å². The molecule has 0 amide bonds. The fraction of sp³-hybridized carbons (Fsp3) is 0.855. The van der Waals surface area contributed by atoms with Gasteiger partial charge in [-0.3, -0.25) is 47.9 Å². The van der Waals surface area contributed by atoms with Gasteiger partial charge in [-0.05, 0) is 199 Å². The predicted octanol–water partition coefficient (Wildman–Crippen LogP) is 13.9. The van der Waals surface area contributed by atoms with E-state index in [0.717, 1.165) is 103 Å². The Bertz CT molecular complexity index is 1840. The second-order valence-electron chi connectivity index (χ2n) is 23.2. The summed E-state index contributed by atoms with van der Waals surface area (Å²) in [6.07, 6.45) is 28.9. The molecule has 0 aliphatic heterocycles. The van der Waals surface area contributed by atoms with Crippen LogP contribution in [0.25, 0.3) is 0 Å². The standard InChI is InChI=1S/C69H120O21/c1-4-6-37-59(5-2)58-90-69(79)47-26-16-36-57-89-68(78)46-25-15-35-56-88-67(77)45-24-14-34-55-87-66(76)44-23-13-33-54-86-65(75)43-22-12-32-53-85-64(74)42-21-11-31-52-84-63(73)41-20-10-30-51-83-62(72)40-19-9-29-50-82-61(71)39-18-8-28-49-81-60(70)38-17-7-27-48-80-3/h59H,4-58H2,1-3H3. The van der Waals surface area contributed by atoms with Crippen LogP contribution in [0.1, 0.15) is 296 Å². The predicted molar refractivity (Wildman–Crippen MR) is 339 cm³/mol. The van der Waals surface area contributed by atoms with Crippen molar-refractivity contribution in [1.82, 2.24) is 0 Å². The van der Waals surface area contributed by atoms with Crippen molar-refractivity contribution in [3.8, 4) is 0 Å². The highest BCUT2D eigenvalue weighted by Gasteiger charge is 2.13. The highest BCUT2D eigenvalue weighted by molar-refractivity contribution is 5.72. The summed E-state index contributed by atoms with van der Waals surface area (Å²) >= 11 is 0. The summed E-state index contributed by atoms with van der Waals surface area (Å²) in [5, 5.41) is 0. The third kappa shape index (κ3) is 62.8. The third-order valence-corrected chi connectivity index (χ3v) is 14.8. The first-order valence-corrected chi connectivity index (χ1v) is 34.8. The number of methoxy groups -OCH3 is 1. The molecule has 522 valence electrons. The van der Waals surface area contributed by atoms with E-state index in [1.54, 1.807) is 7.11 Å². The van der Waals surface area contributed by atoms with Gasteiger partial charge < -0.3 is 52.1 Å². The molecule has 0 heterocycles. The summed E-state index contributed by atoms with van der Waals surface area (Å²) in [6, 6.07) is 0. The largest absolute Gasteiger partial charge is 0.466 e. The average molecular weight is 1290 g/mol. The molecule has 0 aliphatic carbocycles. The van der Waals surface area contributed by atoms with Gasteiger partial charge in [0.05, 0.1) is 66.1 Å². The van der Waals surface area contributed by atoms with E-state index in [-0.39, 0.29) is 105 Å². The number of esters is 10. The molecule has 0 aromatic rings. The van der Waals surface area contributed by atoms with Gasteiger partial charge in [0.2, 0.25) is 0 Å². The monoisotopic (exact) mass is 1280 g/mol. The van der Waals surface area contributed by atoms with Crippen molar-refractivity contribution in [3.05, 3.63) is 0 Å². The van der Waals surface area contributed by atoms with Crippen molar-refractivity contribution in [2.24, 2.45) is 5.92 Å². The van der Waals surface area contributed by atoms with Crippen molar-refractivity contribution in [3.63, 3.8) is 0 Å². The molecule has 21 nitrogen and oxygen atoms in total. The Morgan fingerprint density at radius 2 is 0.400 bits per heavy atom. The number of hydrogen-bond acceptors (Lipinski definition) is 21. The van der Waals surface area contributed by atoms with Crippen LogP contribution in [0.2, 0.25) is 0 Å². The van der Waals surface area contributed by atoms with Crippen molar-refractivity contribution < 1.29 is 100 Å². The number of carbonyl (C=O) groups excluding carboxylic acids is 10. The smallest absolute Gasteiger partial charge is 0.305 e. The van der Waals surface area contributed by atoms with Gasteiger partial charge in [-0.1, -0.05) is 39.5 Å². The molecule has 1 unspecified atom stereocenters. The summed E-state index contributed by atoms with van der Waals surface area (Å²) in [4.78, 5) is 120. The first kappa shape index (κ1) is 84.7. The maximum atomic E-state index is 12.1. The fourth-order valence-corrected chi connectivity index (χ4v) is 9.13. The second-order valence-corrected chi connectivity index (χ2v) is 23.2. The molecule has 0 saturated carbocycles. The van der Waals surface area contributed by atoms with Crippen LogP contribution in [0.5, 0.6) is 0 Å². The molecule has 90 heavy (non-hydrogen) atoms. The van der Waals surface area contributed by atoms with Crippen molar-refractivity contribution in [2.75, 3.05) is 79.8 Å². The van der Waals surface area contributed by atoms with Gasteiger partial charge in [0, 0.05) is 77.9 Å². The molecule has 1 atom stereocenters. The van der Waals surface area contributed by atoms with E-state index in [1.807, 2.05) is 0 Å². The lowest BCUT2D eigenvalue weighted by molar-refractivity contribution is -0.146. The van der Waals surface area contributed by atoms with Gasteiger partial charge in [-0.15, -0.1) is 0 Å². The topological polar surface area (TPSA) is 272 Å². The number of unbranched alkanes of at least 4 members (excludes halogenated alkanes) is 21. The van der Waals surface area contributed by atoms with E-state index in [0.29, 0.717) is 213 Å². The minimum atomic E-state index is -0.278. The van der Waals surface area contributed by atoms with Crippen LogP contribution < -0.4 is 0 Å². The van der Waals surface area contributed by atoms with E-state index in [2.05, 4.69) is 13.8 Å². The van der Waals surface area contributed by atoms with E-state index in [9.17, 15) is 47.9 Å². The Balaban J connectivity index is 3.53. The third-order valence-electron chi connectivity index (χ3n) is 14.8. The summed E-state index contributed by atoms with van der Waals surface area (Å²) in [7, 11) is 1.66. The minimum absolute atomic E-state index is 0.155. The zero-order chi connectivity index (χ0) is 66.0. The quantitative estimate of drug-likeness (QED) is 0.0311. The maximum Gasteiger partial charge on any atom is 0.305 e. The normalized spacial score (nSPS) is 11.3. The maximum absolute atomic E-state index is 12.1. The van der Waals surface area contributed by atoms with E-state index < -0.39 is 0 Å². The molecule has 21 heteroatoms. The van der Waals surface area contributed by atoms with Gasteiger partial charge in [-0.2, -0.15) is 0 Å². The molecule has 0 N–H and O–H groups in total. The van der Waals surface area contributed by atoms with Crippen molar-refractivity contribution in [2.45, 2.75) is 296 Å². The van der Waals surface area contributed by atoms with Gasteiger partial charge in [-0.25, -0.2) is 0 Å². The Morgan fingerprint density at radius 3 is 0.567 bits per heavy atom. The first-order chi connectivity index (χ1) is 43.8. The number of carbonyl (C=O) groups is 10. The molecule has 0 aromatic heterocycles. The highest BCUT2D eigenvalue weighted by atomic mass is 16.6. The summed E-state index contributed by atoms with van der Waals surface area (Å²) < 4.78 is 58.0. The van der Waals surface area contributed by atoms with Crippen LogP contribution in [-0.4, -0.2) is 139 Å². The second kappa shape index (κ2) is 65.2. The van der Waals surface area contributed by atoms with Gasteiger partial charge in [0.15, 0.2) is 0 Å². The summed E-state index contributed by atoms with van der Waals surface area (Å²) in [6.45, 7) is 8.28. The molecule has 0 rings (SSSR count). The van der Waals surface area contributed by atoms with Gasteiger partial charge >= 0.3 is 59.7 Å². The number of ether oxygens (including phenoxy) is 11. The lowest BCUT2D eigenvalue weighted by atomic mass is 10.0. The van der Waals surface area contributed by atoms with E-state index in [1.165, 1.54) is 0 Å². The van der Waals surface area contributed by atoms with E-state index >= 15 is 0 Å². The van der Waals surface area contributed by atoms with Crippen LogP contribution in [0, 0.1) is 5.92 Å². The molecule has 0 aliphatic rings. The van der Waals surface area contributed by atoms with Crippen molar-refractivity contribution >= 4 is 59.7 Å². The molecule has 0 aromatic carbocycles. The molecule has 0 bridgehead atoms. The summed E-state index contributed by atoms with van der Waals surface area (Å²) in [5.41, 5.74) is 0. The number of rotatable bonds is 66. The summed E-state index contributed by atoms with van der Waals surface area (Å²) in [5.74, 6) is -2.02. The number of hydrogen-bond donors (Lipinski definition) is 0. The van der Waals surface area contributed by atoms with Gasteiger partial charge in [0.25, 0.3) is 0 Å². The van der Waals surface area contributed by atoms with Crippen molar-refractivity contribution in [1.29, 1.82) is 0 Å². The Morgan fingerprint density at radius 1 is 0.222 bits per heavy atom. The Kier molecular flexibility index (Phi) is 61.3. The molecular formula is C69H120O21. The van der Waals surface area contributed by atoms with Crippen LogP contribution in [0.3, 0.4) is 0 Å².